The lowest BCUT2D eigenvalue weighted by Crippen LogP contribution is -2.33. The highest BCUT2D eigenvalue weighted by atomic mass is 16.6. The number of nitrogens with one attached hydrogen (secondary N) is 2. The van der Waals surface area contributed by atoms with Crippen molar-refractivity contribution in [2.75, 3.05) is 33.5 Å². The zero-order chi connectivity index (χ0) is 21.2. The Balaban J connectivity index is 2.06. The first kappa shape index (κ1) is 24.3. The van der Waals surface area contributed by atoms with E-state index in [2.05, 4.69) is 15.4 Å². The monoisotopic (exact) mass is 402 g/mol. The summed E-state index contributed by atoms with van der Waals surface area (Å²) in [5.74, 6) is -0.797. The lowest BCUT2D eigenvalue weighted by molar-refractivity contribution is -0.135. The molecule has 0 saturated carbocycles. The fourth-order valence-corrected chi connectivity index (χ4v) is 2.40. The molecule has 0 bridgehead atoms. The molecular weight excluding hydrogens is 368 g/mol. The number of alkyl carbamates (subject to hydrolysis) is 1. The highest BCUT2D eigenvalue weighted by Crippen LogP contribution is 2.18. The second-order valence-electron chi connectivity index (χ2n) is 8.02. The van der Waals surface area contributed by atoms with Crippen LogP contribution in [0.5, 0.6) is 0 Å². The van der Waals surface area contributed by atoms with Gasteiger partial charge in [0.1, 0.15) is 12.6 Å². The highest BCUT2D eigenvalue weighted by molar-refractivity contribution is 5.95. The van der Waals surface area contributed by atoms with Crippen LogP contribution in [0.4, 0.5) is 4.79 Å². The lowest BCUT2D eigenvalue weighted by atomic mass is 10.0. The molecule has 1 aliphatic heterocycles. The molecule has 1 saturated heterocycles. The molecule has 1 heterocycles. The van der Waals surface area contributed by atoms with Gasteiger partial charge in [0.15, 0.2) is 0 Å². The van der Waals surface area contributed by atoms with Gasteiger partial charge in [-0.15, -0.1) is 0 Å². The second-order valence-corrected chi connectivity index (χ2v) is 8.02. The molecule has 2 amide bonds. The number of cyclic esters (lactones) is 2. The number of hydrogen-bond acceptors (Lipinski definition) is 7. The van der Waals surface area contributed by atoms with Gasteiger partial charge in [-0.25, -0.2) is 9.59 Å². The molecule has 2 N–H and O–H groups in total. The topological polar surface area (TPSA) is 112 Å². The second kappa shape index (κ2) is 11.3. The minimum atomic E-state index is -0.721. The molecule has 162 valence electrons. The van der Waals surface area contributed by atoms with Gasteiger partial charge >= 0.3 is 12.1 Å². The van der Waals surface area contributed by atoms with E-state index in [9.17, 15) is 14.4 Å². The van der Waals surface area contributed by atoms with Crippen molar-refractivity contribution in [2.24, 2.45) is 0 Å². The number of esters is 1. The number of amides is 2. The molecule has 28 heavy (non-hydrogen) atoms. The minimum absolute atomic E-state index is 0.0327. The molecule has 1 aliphatic rings. The number of hydrogen-bond donors (Lipinski definition) is 2. The summed E-state index contributed by atoms with van der Waals surface area (Å²) in [6.45, 7) is 9.37. The zero-order valence-electron chi connectivity index (χ0n) is 17.6. The Morgan fingerprint density at radius 1 is 1.14 bits per heavy atom. The average molecular weight is 402 g/mol. The Bertz CT molecular complexity index is 534. The molecule has 0 aliphatic carbocycles. The van der Waals surface area contributed by atoms with E-state index in [0.717, 1.165) is 6.42 Å². The van der Waals surface area contributed by atoms with Crippen molar-refractivity contribution >= 4 is 18.0 Å². The van der Waals surface area contributed by atoms with Crippen LogP contribution in [0, 0.1) is 0 Å². The maximum absolute atomic E-state index is 11.8. The summed E-state index contributed by atoms with van der Waals surface area (Å²) in [7, 11) is 1.69. The van der Waals surface area contributed by atoms with Gasteiger partial charge in [-0.05, 0) is 53.4 Å². The van der Waals surface area contributed by atoms with Crippen molar-refractivity contribution in [3.8, 4) is 0 Å². The van der Waals surface area contributed by atoms with Crippen molar-refractivity contribution < 1.29 is 33.3 Å². The maximum Gasteiger partial charge on any atom is 0.415 e. The van der Waals surface area contributed by atoms with Gasteiger partial charge in [-0.3, -0.25) is 4.79 Å². The number of carbonyl (C=O) groups excluding carboxylic acids is 3. The Hall–Kier alpha value is -1.71. The molecule has 9 nitrogen and oxygen atoms in total. The molecular formula is C19H34N2O7. The van der Waals surface area contributed by atoms with Gasteiger partial charge in [0.25, 0.3) is 0 Å². The minimum Gasteiger partial charge on any atom is -0.379 e. The Kier molecular flexibility index (Phi) is 9.84. The van der Waals surface area contributed by atoms with Gasteiger partial charge in [-0.2, -0.15) is 0 Å². The Labute approximate surface area is 166 Å². The fraction of sp³-hybridized carbons (Fsp3) is 0.842. The van der Waals surface area contributed by atoms with Crippen LogP contribution < -0.4 is 10.6 Å². The van der Waals surface area contributed by atoms with Crippen LogP contribution in [0.2, 0.25) is 0 Å². The molecule has 0 aromatic carbocycles. The van der Waals surface area contributed by atoms with Crippen molar-refractivity contribution in [2.45, 2.75) is 70.6 Å². The summed E-state index contributed by atoms with van der Waals surface area (Å²) in [4.78, 5) is 33.9. The summed E-state index contributed by atoms with van der Waals surface area (Å²) in [5.41, 5.74) is -0.561. The molecule has 0 spiro atoms. The summed E-state index contributed by atoms with van der Waals surface area (Å²) >= 11 is 0. The van der Waals surface area contributed by atoms with Gasteiger partial charge < -0.3 is 29.6 Å². The van der Waals surface area contributed by atoms with Gasteiger partial charge in [0.2, 0.25) is 5.91 Å². The van der Waals surface area contributed by atoms with Crippen LogP contribution in [0.1, 0.15) is 53.4 Å². The van der Waals surface area contributed by atoms with E-state index in [0.29, 0.717) is 39.0 Å². The Morgan fingerprint density at radius 3 is 2.43 bits per heavy atom. The van der Waals surface area contributed by atoms with Gasteiger partial charge in [0.05, 0.1) is 17.8 Å². The normalized spacial score (nSPS) is 17.4. The van der Waals surface area contributed by atoms with Crippen LogP contribution in [-0.2, 0) is 28.5 Å². The molecule has 1 unspecified atom stereocenters. The molecule has 1 rings (SSSR count). The SMILES string of the molecule is COC(C)(C)CCOC(C)(C)CCOCC(=O)NCCCC1NC(=O)OC1=O. The number of carbonyl (C=O) groups is 3. The summed E-state index contributed by atoms with van der Waals surface area (Å²) in [6.07, 6.45) is 1.69. The first-order chi connectivity index (χ1) is 13.0. The molecule has 9 heteroatoms. The predicted molar refractivity (Wildman–Crippen MR) is 102 cm³/mol. The van der Waals surface area contributed by atoms with E-state index in [1.807, 2.05) is 27.7 Å². The number of methoxy groups -OCH3 is 1. The van der Waals surface area contributed by atoms with Gasteiger partial charge in [-0.1, -0.05) is 0 Å². The van der Waals surface area contributed by atoms with E-state index >= 15 is 0 Å². The molecule has 0 radical (unpaired) electrons. The summed E-state index contributed by atoms with van der Waals surface area (Å²) in [5, 5.41) is 5.12. The largest absolute Gasteiger partial charge is 0.415 e. The van der Waals surface area contributed by atoms with Crippen LogP contribution in [0.3, 0.4) is 0 Å². The first-order valence-corrected chi connectivity index (χ1v) is 9.60. The number of rotatable bonds is 14. The average Bonchev–Trinajstić information content (AvgIpc) is 2.92. The van der Waals surface area contributed by atoms with Crippen molar-refractivity contribution in [1.82, 2.24) is 10.6 Å². The molecule has 0 aromatic heterocycles. The Morgan fingerprint density at radius 2 is 1.82 bits per heavy atom. The lowest BCUT2D eigenvalue weighted by Gasteiger charge is -2.28. The van der Waals surface area contributed by atoms with Crippen LogP contribution in [0.15, 0.2) is 0 Å². The molecule has 0 aromatic rings. The van der Waals surface area contributed by atoms with E-state index in [1.165, 1.54) is 0 Å². The van der Waals surface area contributed by atoms with Crippen LogP contribution >= 0.6 is 0 Å². The zero-order valence-corrected chi connectivity index (χ0v) is 17.6. The van der Waals surface area contributed by atoms with Crippen molar-refractivity contribution in [3.63, 3.8) is 0 Å². The van der Waals surface area contributed by atoms with E-state index in [-0.39, 0.29) is 23.7 Å². The van der Waals surface area contributed by atoms with E-state index in [1.54, 1.807) is 7.11 Å². The molecule has 1 fully saturated rings. The predicted octanol–water partition coefficient (Wildman–Crippen LogP) is 1.53. The maximum atomic E-state index is 11.8. The third-order valence-electron chi connectivity index (χ3n) is 4.59. The van der Waals surface area contributed by atoms with Crippen LogP contribution in [-0.4, -0.2) is 68.7 Å². The fourth-order valence-electron chi connectivity index (χ4n) is 2.40. The quantitative estimate of drug-likeness (QED) is 0.257. The standard InChI is InChI=1S/C19H34N2O7/c1-18(2,25-5)9-12-27-19(3,4)8-11-26-13-15(22)20-10-6-7-14-16(23)28-17(24)21-14/h14H,6-13H2,1-5H3,(H,20,22)(H,21,24). The highest BCUT2D eigenvalue weighted by Gasteiger charge is 2.31. The molecule has 1 atom stereocenters. The van der Waals surface area contributed by atoms with Gasteiger partial charge in [0, 0.05) is 20.3 Å². The smallest absolute Gasteiger partial charge is 0.379 e. The third kappa shape index (κ3) is 10.0. The van der Waals surface area contributed by atoms with E-state index < -0.39 is 18.1 Å². The summed E-state index contributed by atoms with van der Waals surface area (Å²) in [6, 6.07) is -0.627. The van der Waals surface area contributed by atoms with Crippen molar-refractivity contribution in [1.29, 1.82) is 0 Å². The number of ether oxygens (including phenoxy) is 4. The van der Waals surface area contributed by atoms with Crippen LogP contribution in [0.25, 0.3) is 0 Å². The summed E-state index contributed by atoms with van der Waals surface area (Å²) < 4.78 is 21.0. The first-order valence-electron chi connectivity index (χ1n) is 9.60. The third-order valence-corrected chi connectivity index (χ3v) is 4.59. The van der Waals surface area contributed by atoms with E-state index in [4.69, 9.17) is 14.2 Å². The van der Waals surface area contributed by atoms with Crippen molar-refractivity contribution in [3.05, 3.63) is 0 Å².